The largest absolute Gasteiger partial charge is 0.398 e. The van der Waals surface area contributed by atoms with Crippen molar-refractivity contribution in [2.45, 2.75) is 36.8 Å². The molecule has 0 aliphatic rings. The van der Waals surface area contributed by atoms with E-state index in [-0.39, 0.29) is 21.8 Å². The highest BCUT2D eigenvalue weighted by Crippen LogP contribution is 2.29. The van der Waals surface area contributed by atoms with Crippen LogP contribution in [0.2, 0.25) is 0 Å². The summed E-state index contributed by atoms with van der Waals surface area (Å²) in [6.07, 6.45) is 0. The first-order valence-electron chi connectivity index (χ1n) is 6.32. The average molecular weight is 389 g/mol. The van der Waals surface area contributed by atoms with Crippen LogP contribution >= 0.6 is 27.3 Å². The van der Waals surface area contributed by atoms with Gasteiger partial charge in [-0.2, -0.15) is 0 Å². The zero-order valence-corrected chi connectivity index (χ0v) is 15.3. The van der Waals surface area contributed by atoms with Crippen LogP contribution < -0.4 is 5.73 Å². The molecular formula is C14H17BrN2O2S2. The minimum absolute atomic E-state index is 0.0900. The summed E-state index contributed by atoms with van der Waals surface area (Å²) in [6.45, 7) is 6.14. The Hall–Kier alpha value is -0.920. The maximum absolute atomic E-state index is 12.5. The van der Waals surface area contributed by atoms with Crippen molar-refractivity contribution in [2.24, 2.45) is 0 Å². The molecule has 0 saturated heterocycles. The Bertz CT molecular complexity index is 762. The highest BCUT2D eigenvalue weighted by molar-refractivity contribution is 9.10. The van der Waals surface area contributed by atoms with Crippen molar-refractivity contribution in [3.05, 3.63) is 38.8 Å². The van der Waals surface area contributed by atoms with E-state index < -0.39 is 9.84 Å². The Morgan fingerprint density at radius 3 is 2.57 bits per heavy atom. The molecule has 114 valence electrons. The quantitative estimate of drug-likeness (QED) is 0.812. The number of hydrogen-bond donors (Lipinski definition) is 1. The lowest BCUT2D eigenvalue weighted by molar-refractivity contribution is 0.570. The number of aromatic nitrogens is 1. The van der Waals surface area contributed by atoms with Gasteiger partial charge in [-0.1, -0.05) is 36.7 Å². The first kappa shape index (κ1) is 16.5. The van der Waals surface area contributed by atoms with Crippen LogP contribution in [0.1, 0.15) is 31.5 Å². The molecule has 1 aromatic carbocycles. The van der Waals surface area contributed by atoms with Crippen molar-refractivity contribution in [3.8, 4) is 0 Å². The number of sulfone groups is 1. The summed E-state index contributed by atoms with van der Waals surface area (Å²) in [6, 6.07) is 4.83. The fourth-order valence-electron chi connectivity index (χ4n) is 1.74. The number of nitrogen functional groups attached to an aromatic ring is 1. The Kier molecular flexibility index (Phi) is 4.46. The maximum atomic E-state index is 12.5. The molecule has 21 heavy (non-hydrogen) atoms. The van der Waals surface area contributed by atoms with Crippen LogP contribution in [0.3, 0.4) is 0 Å². The van der Waals surface area contributed by atoms with E-state index in [4.69, 9.17) is 5.73 Å². The molecule has 2 aromatic rings. The summed E-state index contributed by atoms with van der Waals surface area (Å²) in [7, 11) is -3.51. The van der Waals surface area contributed by atoms with Crippen LogP contribution in [0.25, 0.3) is 0 Å². The standard InChI is InChI=1S/C14H17BrN2O2S2/c1-14(2,3)12-7-20-13(17-12)8-21(18,19)11-6-9(15)4-5-10(11)16/h4-7H,8,16H2,1-3H3. The summed E-state index contributed by atoms with van der Waals surface area (Å²) >= 11 is 4.64. The van der Waals surface area contributed by atoms with Crippen LogP contribution in [-0.4, -0.2) is 13.4 Å². The van der Waals surface area contributed by atoms with Crippen molar-refractivity contribution < 1.29 is 8.42 Å². The Balaban J connectivity index is 2.34. The lowest BCUT2D eigenvalue weighted by Gasteiger charge is -2.14. The van der Waals surface area contributed by atoms with Gasteiger partial charge >= 0.3 is 0 Å². The van der Waals surface area contributed by atoms with Gasteiger partial charge in [0, 0.05) is 15.3 Å². The van der Waals surface area contributed by atoms with Crippen molar-refractivity contribution in [3.63, 3.8) is 0 Å². The number of benzene rings is 1. The number of nitrogens with two attached hydrogens (primary N) is 1. The molecule has 0 atom stereocenters. The van der Waals surface area contributed by atoms with E-state index in [1.807, 2.05) is 26.2 Å². The van der Waals surface area contributed by atoms with Gasteiger partial charge in [0.05, 0.1) is 16.3 Å². The molecule has 0 unspecified atom stereocenters. The number of hydrogen-bond acceptors (Lipinski definition) is 5. The van der Waals surface area contributed by atoms with Gasteiger partial charge in [-0.05, 0) is 18.2 Å². The van der Waals surface area contributed by atoms with Gasteiger partial charge in [-0.25, -0.2) is 13.4 Å². The predicted octanol–water partition coefficient (Wildman–Crippen LogP) is 3.76. The minimum atomic E-state index is -3.51. The van der Waals surface area contributed by atoms with Gasteiger partial charge < -0.3 is 5.73 Å². The molecule has 0 radical (unpaired) electrons. The second kappa shape index (κ2) is 5.70. The number of rotatable bonds is 3. The molecule has 0 amide bonds. The summed E-state index contributed by atoms with van der Waals surface area (Å²) in [5.41, 5.74) is 6.85. The van der Waals surface area contributed by atoms with Gasteiger partial charge in [0.2, 0.25) is 0 Å². The monoisotopic (exact) mass is 388 g/mol. The average Bonchev–Trinajstić information content (AvgIpc) is 2.79. The van der Waals surface area contributed by atoms with E-state index in [2.05, 4.69) is 20.9 Å². The van der Waals surface area contributed by atoms with E-state index in [1.165, 1.54) is 17.4 Å². The highest BCUT2D eigenvalue weighted by Gasteiger charge is 2.23. The molecule has 4 nitrogen and oxygen atoms in total. The van der Waals surface area contributed by atoms with Crippen molar-refractivity contribution in [1.29, 1.82) is 0 Å². The number of nitrogens with zero attached hydrogens (tertiary/aromatic N) is 1. The third kappa shape index (κ3) is 3.84. The summed E-state index contributed by atoms with van der Waals surface area (Å²) in [4.78, 5) is 4.57. The second-order valence-electron chi connectivity index (χ2n) is 5.82. The smallest absolute Gasteiger partial charge is 0.186 e. The Morgan fingerprint density at radius 2 is 2.00 bits per heavy atom. The summed E-state index contributed by atoms with van der Waals surface area (Å²) in [5.74, 6) is -0.131. The fraction of sp³-hybridized carbons (Fsp3) is 0.357. The molecule has 1 heterocycles. The topological polar surface area (TPSA) is 73.0 Å². The third-order valence-corrected chi connectivity index (χ3v) is 6.15. The Labute approximate surface area is 137 Å². The van der Waals surface area contributed by atoms with E-state index in [0.29, 0.717) is 9.48 Å². The molecule has 0 spiro atoms. The van der Waals surface area contributed by atoms with Gasteiger partial charge in [-0.15, -0.1) is 11.3 Å². The molecule has 0 saturated carbocycles. The molecule has 0 bridgehead atoms. The van der Waals surface area contributed by atoms with E-state index >= 15 is 0 Å². The van der Waals surface area contributed by atoms with Crippen LogP contribution in [0.15, 0.2) is 32.9 Å². The molecule has 7 heteroatoms. The summed E-state index contributed by atoms with van der Waals surface area (Å²) < 4.78 is 25.7. The second-order valence-corrected chi connectivity index (χ2v) is 9.63. The van der Waals surface area contributed by atoms with Crippen molar-refractivity contribution >= 4 is 42.8 Å². The van der Waals surface area contributed by atoms with E-state index in [1.54, 1.807) is 12.1 Å². The van der Waals surface area contributed by atoms with E-state index in [0.717, 1.165) is 5.69 Å². The summed E-state index contributed by atoms with van der Waals surface area (Å²) in [5, 5.41) is 2.49. The SMILES string of the molecule is CC(C)(C)c1csc(CS(=O)(=O)c2cc(Br)ccc2N)n1. The number of thiazole rings is 1. The normalized spacial score (nSPS) is 12.6. The zero-order valence-electron chi connectivity index (χ0n) is 12.1. The molecule has 1 aromatic heterocycles. The van der Waals surface area contributed by atoms with Crippen molar-refractivity contribution in [2.75, 3.05) is 5.73 Å². The molecule has 0 fully saturated rings. The molecule has 2 rings (SSSR count). The molecule has 0 aliphatic heterocycles. The van der Waals surface area contributed by atoms with Gasteiger partial charge in [-0.3, -0.25) is 0 Å². The third-order valence-electron chi connectivity index (χ3n) is 2.94. The van der Waals surface area contributed by atoms with Gasteiger partial charge in [0.25, 0.3) is 0 Å². The van der Waals surface area contributed by atoms with Crippen molar-refractivity contribution in [1.82, 2.24) is 4.98 Å². The van der Waals surface area contributed by atoms with E-state index in [9.17, 15) is 8.42 Å². The highest BCUT2D eigenvalue weighted by atomic mass is 79.9. The molecule has 0 aliphatic carbocycles. The maximum Gasteiger partial charge on any atom is 0.186 e. The predicted molar refractivity (Wildman–Crippen MR) is 90.3 cm³/mol. The minimum Gasteiger partial charge on any atom is -0.398 e. The first-order valence-corrected chi connectivity index (χ1v) is 9.65. The van der Waals surface area contributed by atoms with Gasteiger partial charge in [0.1, 0.15) is 10.8 Å². The number of halogens is 1. The lowest BCUT2D eigenvalue weighted by atomic mass is 9.93. The van der Waals surface area contributed by atoms with Gasteiger partial charge in [0.15, 0.2) is 9.84 Å². The molecule has 2 N–H and O–H groups in total. The van der Waals surface area contributed by atoms with Crippen LogP contribution in [-0.2, 0) is 21.0 Å². The molecular weight excluding hydrogens is 372 g/mol. The lowest BCUT2D eigenvalue weighted by Crippen LogP contribution is -2.12. The van der Waals surface area contributed by atoms with Crippen LogP contribution in [0, 0.1) is 0 Å². The first-order chi connectivity index (χ1) is 9.59. The fourth-order valence-corrected chi connectivity index (χ4v) is 5.07. The van der Waals surface area contributed by atoms with Crippen LogP contribution in [0.4, 0.5) is 5.69 Å². The zero-order chi connectivity index (χ0) is 15.8. The number of anilines is 1. The van der Waals surface area contributed by atoms with Crippen LogP contribution in [0.5, 0.6) is 0 Å². The Morgan fingerprint density at radius 1 is 1.33 bits per heavy atom.